The molecule has 3 heterocycles. The van der Waals surface area contributed by atoms with Gasteiger partial charge in [-0.15, -0.1) is 11.3 Å². The number of fused-ring (bicyclic) bond motifs is 2. The van der Waals surface area contributed by atoms with E-state index < -0.39 is 0 Å². The largest absolute Gasteiger partial charge is 0.484 e. The number of likely N-dealkylation sites (N-methyl/N-ethyl adjacent to an activating group) is 1. The maximum atomic E-state index is 12.5. The van der Waals surface area contributed by atoms with Gasteiger partial charge < -0.3 is 14.5 Å². The van der Waals surface area contributed by atoms with Gasteiger partial charge in [-0.3, -0.25) is 4.79 Å². The van der Waals surface area contributed by atoms with Gasteiger partial charge in [0.25, 0.3) is 5.91 Å². The molecule has 0 spiro atoms. The third-order valence-electron chi connectivity index (χ3n) is 6.93. The summed E-state index contributed by atoms with van der Waals surface area (Å²) in [6, 6.07) is 10.0. The molecule has 1 saturated carbocycles. The normalized spacial score (nSPS) is 16.5. The third-order valence-corrected chi connectivity index (χ3v) is 8.16. The van der Waals surface area contributed by atoms with Gasteiger partial charge in [-0.05, 0) is 68.2 Å². The molecule has 1 aliphatic heterocycles. The first kappa shape index (κ1) is 21.9. The zero-order valence-corrected chi connectivity index (χ0v) is 20.8. The summed E-state index contributed by atoms with van der Waals surface area (Å²) in [7, 11) is 1.86. The number of amides is 1. The van der Waals surface area contributed by atoms with E-state index in [-0.39, 0.29) is 12.5 Å². The lowest BCUT2D eigenvalue weighted by Crippen LogP contribution is -2.33. The van der Waals surface area contributed by atoms with Crippen molar-refractivity contribution in [3.05, 3.63) is 51.5 Å². The van der Waals surface area contributed by atoms with Crippen LogP contribution in [0.3, 0.4) is 0 Å². The molecular formula is C26H27ClN4O2S. The first-order chi connectivity index (χ1) is 16.5. The van der Waals surface area contributed by atoms with Crippen LogP contribution in [0.2, 0.25) is 4.34 Å². The molecule has 6 rings (SSSR count). The van der Waals surface area contributed by atoms with Crippen molar-refractivity contribution in [2.45, 2.75) is 38.5 Å². The van der Waals surface area contributed by atoms with E-state index in [1.54, 1.807) is 4.90 Å². The highest BCUT2D eigenvalue weighted by Gasteiger charge is 2.29. The van der Waals surface area contributed by atoms with Gasteiger partial charge in [0.05, 0.1) is 9.21 Å². The van der Waals surface area contributed by atoms with Gasteiger partial charge in [0.15, 0.2) is 12.4 Å². The van der Waals surface area contributed by atoms with Crippen LogP contribution in [0.1, 0.15) is 36.1 Å². The molecule has 2 aromatic heterocycles. The third kappa shape index (κ3) is 4.27. The maximum absolute atomic E-state index is 12.5. The molecule has 3 aromatic rings. The molecule has 0 saturated heterocycles. The Bertz CT molecular complexity index is 1260. The topological polar surface area (TPSA) is 58.6 Å². The number of halogens is 1. The van der Waals surface area contributed by atoms with E-state index in [4.69, 9.17) is 26.3 Å². The van der Waals surface area contributed by atoms with Crippen molar-refractivity contribution < 1.29 is 9.53 Å². The van der Waals surface area contributed by atoms with E-state index in [0.29, 0.717) is 5.92 Å². The fourth-order valence-electron chi connectivity index (χ4n) is 4.89. The minimum absolute atomic E-state index is 0.0251. The second kappa shape index (κ2) is 8.86. The SMILES string of the molecule is CN(CC1CC1)C(=O)COc1ccc2c(c1)N(c1nc(-c3ccc(Cl)s3)nc3c1CCC3)CC2. The van der Waals surface area contributed by atoms with Crippen molar-refractivity contribution in [2.75, 3.05) is 31.6 Å². The van der Waals surface area contributed by atoms with Gasteiger partial charge in [0.2, 0.25) is 0 Å². The van der Waals surface area contributed by atoms with Crippen molar-refractivity contribution in [2.24, 2.45) is 5.92 Å². The van der Waals surface area contributed by atoms with Gasteiger partial charge in [0, 0.05) is 43.1 Å². The van der Waals surface area contributed by atoms with Crippen LogP contribution in [-0.4, -0.2) is 47.5 Å². The fourth-order valence-corrected chi connectivity index (χ4v) is 5.87. The summed E-state index contributed by atoms with van der Waals surface area (Å²) < 4.78 is 6.67. The van der Waals surface area contributed by atoms with Crippen molar-refractivity contribution in [3.63, 3.8) is 0 Å². The van der Waals surface area contributed by atoms with Crippen molar-refractivity contribution in [1.82, 2.24) is 14.9 Å². The second-order valence-electron chi connectivity index (χ2n) is 9.45. The van der Waals surface area contributed by atoms with Crippen LogP contribution in [0.25, 0.3) is 10.7 Å². The van der Waals surface area contributed by atoms with Gasteiger partial charge in [-0.1, -0.05) is 17.7 Å². The molecule has 0 unspecified atom stereocenters. The number of benzene rings is 1. The van der Waals surface area contributed by atoms with Crippen LogP contribution >= 0.6 is 22.9 Å². The van der Waals surface area contributed by atoms with Crippen molar-refractivity contribution in [3.8, 4) is 16.5 Å². The summed E-state index contributed by atoms with van der Waals surface area (Å²) in [6.07, 6.45) is 6.50. The van der Waals surface area contributed by atoms with E-state index in [0.717, 1.165) is 76.8 Å². The summed E-state index contributed by atoms with van der Waals surface area (Å²) >= 11 is 7.70. The number of hydrogen-bond donors (Lipinski definition) is 0. The Labute approximate surface area is 208 Å². The Kier molecular flexibility index (Phi) is 5.70. The fraction of sp³-hybridized carbons (Fsp3) is 0.423. The standard InChI is InChI=1S/C26H27ClN4O2S/c1-30(14-16-5-6-16)24(32)15-33-18-8-7-17-11-12-31(21(17)13-18)26-19-3-2-4-20(19)28-25(29-26)22-9-10-23(27)34-22/h7-10,13,16H,2-6,11-12,14-15H2,1H3. The molecule has 0 bridgehead atoms. The number of carbonyl (C=O) groups is 1. The molecule has 6 nitrogen and oxygen atoms in total. The first-order valence-corrected chi connectivity index (χ1v) is 13.2. The van der Waals surface area contributed by atoms with Gasteiger partial charge >= 0.3 is 0 Å². The Morgan fingerprint density at radius 3 is 2.88 bits per heavy atom. The minimum atomic E-state index is 0.0251. The van der Waals surface area contributed by atoms with Gasteiger partial charge in [-0.25, -0.2) is 9.97 Å². The van der Waals surface area contributed by atoms with Crippen molar-refractivity contribution >= 4 is 40.4 Å². The van der Waals surface area contributed by atoms with E-state index in [1.807, 2.05) is 25.2 Å². The van der Waals surface area contributed by atoms with Gasteiger partial charge in [0.1, 0.15) is 11.6 Å². The smallest absolute Gasteiger partial charge is 0.260 e. The molecule has 2 aliphatic carbocycles. The van der Waals surface area contributed by atoms with Crippen LogP contribution in [0.4, 0.5) is 11.5 Å². The molecule has 0 atom stereocenters. The number of nitrogens with zero attached hydrogens (tertiary/aromatic N) is 4. The second-order valence-corrected chi connectivity index (χ2v) is 11.2. The van der Waals surface area contributed by atoms with Crippen LogP contribution in [0.15, 0.2) is 30.3 Å². The zero-order chi connectivity index (χ0) is 23.2. The summed E-state index contributed by atoms with van der Waals surface area (Å²) in [5.74, 6) is 3.16. The average Bonchev–Trinajstić information content (AvgIpc) is 3.21. The Hall–Kier alpha value is -2.64. The molecule has 34 heavy (non-hydrogen) atoms. The summed E-state index contributed by atoms with van der Waals surface area (Å²) in [4.78, 5) is 27.5. The predicted molar refractivity (Wildman–Crippen MR) is 135 cm³/mol. The number of hydrogen-bond acceptors (Lipinski definition) is 6. The molecule has 8 heteroatoms. The molecule has 3 aliphatic rings. The monoisotopic (exact) mass is 494 g/mol. The molecule has 0 N–H and O–H groups in total. The lowest BCUT2D eigenvalue weighted by atomic mass is 10.1. The van der Waals surface area contributed by atoms with Crippen LogP contribution in [0.5, 0.6) is 5.75 Å². The minimum Gasteiger partial charge on any atom is -0.484 e. The Morgan fingerprint density at radius 1 is 1.21 bits per heavy atom. The Morgan fingerprint density at radius 2 is 2.09 bits per heavy atom. The van der Waals surface area contributed by atoms with E-state index in [2.05, 4.69) is 17.0 Å². The summed E-state index contributed by atoms with van der Waals surface area (Å²) in [5.41, 5.74) is 4.78. The quantitative estimate of drug-likeness (QED) is 0.446. The van der Waals surface area contributed by atoms with Crippen LogP contribution in [-0.2, 0) is 24.1 Å². The molecule has 1 fully saturated rings. The molecule has 1 aromatic carbocycles. The van der Waals surface area contributed by atoms with Gasteiger partial charge in [-0.2, -0.15) is 0 Å². The highest BCUT2D eigenvalue weighted by Crippen LogP contribution is 2.41. The molecular weight excluding hydrogens is 468 g/mol. The van der Waals surface area contributed by atoms with E-state index >= 15 is 0 Å². The van der Waals surface area contributed by atoms with E-state index in [9.17, 15) is 4.79 Å². The molecule has 0 radical (unpaired) electrons. The maximum Gasteiger partial charge on any atom is 0.260 e. The number of carbonyl (C=O) groups excluding carboxylic acids is 1. The lowest BCUT2D eigenvalue weighted by molar-refractivity contribution is -0.132. The molecule has 1 amide bonds. The average molecular weight is 495 g/mol. The van der Waals surface area contributed by atoms with Crippen LogP contribution in [0, 0.1) is 5.92 Å². The zero-order valence-electron chi connectivity index (χ0n) is 19.2. The highest BCUT2D eigenvalue weighted by atomic mass is 35.5. The lowest BCUT2D eigenvalue weighted by Gasteiger charge is -2.22. The number of aryl methyl sites for hydroxylation is 1. The first-order valence-electron chi connectivity index (χ1n) is 12.0. The van der Waals surface area contributed by atoms with E-state index in [1.165, 1.54) is 35.3 Å². The van der Waals surface area contributed by atoms with Crippen LogP contribution < -0.4 is 9.64 Å². The predicted octanol–water partition coefficient (Wildman–Crippen LogP) is 5.29. The number of ether oxygens (including phenoxy) is 1. The summed E-state index contributed by atoms with van der Waals surface area (Å²) in [5, 5.41) is 0. The number of anilines is 2. The number of thiophene rings is 1. The Balaban J connectivity index is 1.26. The summed E-state index contributed by atoms with van der Waals surface area (Å²) in [6.45, 7) is 1.76. The number of aromatic nitrogens is 2. The number of rotatable bonds is 7. The molecule has 176 valence electrons. The highest BCUT2D eigenvalue weighted by molar-refractivity contribution is 7.19. The van der Waals surface area contributed by atoms with Crippen molar-refractivity contribution in [1.29, 1.82) is 0 Å².